The molecule has 0 aromatic rings. The van der Waals surface area contributed by atoms with Crippen LogP contribution in [-0.2, 0) is 9.59 Å². The second-order valence-electron chi connectivity index (χ2n) is 15.0. The molecule has 34 heavy (non-hydrogen) atoms. The van der Waals surface area contributed by atoms with Gasteiger partial charge in [-0.2, -0.15) is 0 Å². The molecule has 2 saturated heterocycles. The summed E-state index contributed by atoms with van der Waals surface area (Å²) in [4.78, 5) is 24.9. The summed E-state index contributed by atoms with van der Waals surface area (Å²) in [6.07, 6.45) is 4.20. The lowest BCUT2D eigenvalue weighted by Crippen LogP contribution is -2.74. The summed E-state index contributed by atoms with van der Waals surface area (Å²) in [6.45, 7) is 18.2. The Morgan fingerprint density at radius 3 is 1.24 bits per heavy atom. The number of piperidine rings is 2. The summed E-state index contributed by atoms with van der Waals surface area (Å²) < 4.78 is 1.68. The van der Waals surface area contributed by atoms with E-state index in [0.717, 1.165) is 34.6 Å². The van der Waals surface area contributed by atoms with Crippen LogP contribution in [0, 0.1) is 17.3 Å². The summed E-state index contributed by atoms with van der Waals surface area (Å²) in [7, 11) is 9.09. The molecule has 0 bridgehead atoms. The highest BCUT2D eigenvalue weighted by Gasteiger charge is 2.65. The summed E-state index contributed by atoms with van der Waals surface area (Å²) in [5, 5.41) is 20.5. The van der Waals surface area contributed by atoms with Crippen LogP contribution in [0.2, 0.25) is 0 Å². The number of rotatable bonds is 7. The first-order valence-electron chi connectivity index (χ1n) is 13.1. The van der Waals surface area contributed by atoms with Crippen LogP contribution in [-0.4, -0.2) is 81.5 Å². The number of carbonyl (C=O) groups is 2. The van der Waals surface area contributed by atoms with Crippen molar-refractivity contribution in [1.82, 2.24) is 0 Å². The molecule has 198 valence electrons. The van der Waals surface area contributed by atoms with Crippen LogP contribution in [0.5, 0.6) is 0 Å². The van der Waals surface area contributed by atoms with Crippen molar-refractivity contribution < 1.29 is 28.8 Å². The van der Waals surface area contributed by atoms with E-state index >= 15 is 0 Å². The molecule has 6 nitrogen and oxygen atoms in total. The lowest BCUT2D eigenvalue weighted by molar-refractivity contribution is -0.990. The van der Waals surface area contributed by atoms with Gasteiger partial charge in [0.05, 0.1) is 55.8 Å². The molecule has 0 aromatic carbocycles. The van der Waals surface area contributed by atoms with Crippen LogP contribution in [0.25, 0.3) is 0 Å². The standard InChI is InChI=1S/C28H52N2O4/c1-24(2)16-20(17-25(3,4)29(24,9)10)28(23(33)34,15-13-14-22(31)32)21-18-26(5,6)30(11,12)27(7,8)19-21/h20-21H,13-19H2,1-12H3/p+2. The number of carboxylic acid groups (broad SMARTS) is 2. The van der Waals surface area contributed by atoms with Crippen molar-refractivity contribution >= 4 is 11.9 Å². The molecule has 2 heterocycles. The minimum absolute atomic E-state index is 0.000238. The molecular formula is C28H54N2O4+2. The van der Waals surface area contributed by atoms with Gasteiger partial charge in [-0.25, -0.2) is 0 Å². The predicted molar refractivity (Wildman–Crippen MR) is 138 cm³/mol. The quantitative estimate of drug-likeness (QED) is 0.477. The van der Waals surface area contributed by atoms with Gasteiger partial charge in [0.15, 0.2) is 0 Å². The average molecular weight is 483 g/mol. The summed E-state index contributed by atoms with van der Waals surface area (Å²) >= 11 is 0. The maximum absolute atomic E-state index is 13.5. The highest BCUT2D eigenvalue weighted by atomic mass is 16.4. The fourth-order valence-electron chi connectivity index (χ4n) is 7.57. The van der Waals surface area contributed by atoms with Gasteiger partial charge >= 0.3 is 11.9 Å². The largest absolute Gasteiger partial charge is 0.481 e. The number of quaternary nitrogens is 2. The molecule has 2 fully saturated rings. The fraction of sp³-hybridized carbons (Fsp3) is 0.929. The molecular weight excluding hydrogens is 428 g/mol. The second kappa shape index (κ2) is 8.47. The Labute approximate surface area is 208 Å². The number of hydrogen-bond acceptors (Lipinski definition) is 2. The van der Waals surface area contributed by atoms with Gasteiger partial charge in [0, 0.05) is 32.1 Å². The molecule has 0 atom stereocenters. The smallest absolute Gasteiger partial charge is 0.310 e. The fourth-order valence-corrected chi connectivity index (χ4v) is 7.57. The van der Waals surface area contributed by atoms with E-state index in [1.54, 1.807) is 0 Å². The topological polar surface area (TPSA) is 74.6 Å². The second-order valence-corrected chi connectivity index (χ2v) is 15.0. The van der Waals surface area contributed by atoms with Gasteiger partial charge in [-0.15, -0.1) is 0 Å². The predicted octanol–water partition coefficient (Wildman–Crippen LogP) is 5.40. The molecule has 2 aliphatic heterocycles. The average Bonchev–Trinajstić information content (AvgIpc) is 2.60. The third-order valence-electron chi connectivity index (χ3n) is 11.9. The number of likely N-dealkylation sites (tertiary alicyclic amines) is 2. The number of hydrogen-bond donors (Lipinski definition) is 2. The molecule has 2 aliphatic rings. The van der Waals surface area contributed by atoms with Crippen molar-refractivity contribution in [1.29, 1.82) is 0 Å². The van der Waals surface area contributed by atoms with Gasteiger partial charge in [-0.3, -0.25) is 9.59 Å². The van der Waals surface area contributed by atoms with Gasteiger partial charge in [0.25, 0.3) is 0 Å². The zero-order valence-corrected chi connectivity index (χ0v) is 24.2. The molecule has 2 N–H and O–H groups in total. The third kappa shape index (κ3) is 4.31. The minimum atomic E-state index is -0.931. The van der Waals surface area contributed by atoms with Crippen LogP contribution in [0.4, 0.5) is 0 Å². The van der Waals surface area contributed by atoms with Crippen LogP contribution in [0.15, 0.2) is 0 Å². The van der Waals surface area contributed by atoms with Crippen molar-refractivity contribution in [2.24, 2.45) is 17.3 Å². The Morgan fingerprint density at radius 2 is 1.00 bits per heavy atom. The zero-order chi connectivity index (χ0) is 26.8. The highest BCUT2D eigenvalue weighted by molar-refractivity contribution is 5.76. The first-order valence-corrected chi connectivity index (χ1v) is 13.1. The van der Waals surface area contributed by atoms with Crippen molar-refractivity contribution in [2.45, 2.75) is 122 Å². The zero-order valence-electron chi connectivity index (χ0n) is 24.2. The lowest BCUT2D eigenvalue weighted by Gasteiger charge is -2.65. The number of carboxylic acids is 2. The molecule has 0 radical (unpaired) electrons. The molecule has 0 amide bonds. The molecule has 0 aliphatic carbocycles. The monoisotopic (exact) mass is 482 g/mol. The molecule has 0 aromatic heterocycles. The maximum atomic E-state index is 13.5. The normalized spacial score (nSPS) is 27.8. The van der Waals surface area contributed by atoms with Crippen molar-refractivity contribution in [2.75, 3.05) is 28.2 Å². The van der Waals surface area contributed by atoms with Crippen molar-refractivity contribution in [3.63, 3.8) is 0 Å². The van der Waals surface area contributed by atoms with Crippen LogP contribution in [0.1, 0.15) is 100 Å². The number of aliphatic carboxylic acids is 2. The van der Waals surface area contributed by atoms with E-state index in [-0.39, 0.29) is 40.4 Å². The van der Waals surface area contributed by atoms with Crippen LogP contribution >= 0.6 is 0 Å². The Balaban J connectivity index is 2.68. The van der Waals surface area contributed by atoms with E-state index in [1.165, 1.54) is 0 Å². The Morgan fingerprint density at radius 1 is 0.706 bits per heavy atom. The van der Waals surface area contributed by atoms with Gasteiger partial charge in [0.1, 0.15) is 0 Å². The Bertz CT molecular complexity index is 719. The van der Waals surface area contributed by atoms with Gasteiger partial charge < -0.3 is 19.2 Å². The first-order chi connectivity index (χ1) is 15.0. The van der Waals surface area contributed by atoms with E-state index < -0.39 is 17.4 Å². The summed E-state index contributed by atoms with van der Waals surface area (Å²) in [5.74, 6) is -1.56. The maximum Gasteiger partial charge on any atom is 0.310 e. The van der Waals surface area contributed by atoms with E-state index in [0.29, 0.717) is 12.8 Å². The molecule has 0 spiro atoms. The van der Waals surface area contributed by atoms with Gasteiger partial charge in [-0.05, 0) is 80.1 Å². The van der Waals surface area contributed by atoms with Crippen LogP contribution in [0.3, 0.4) is 0 Å². The Kier molecular flexibility index (Phi) is 7.25. The SMILES string of the molecule is CC1(C)CC(C(CCCC(=O)O)(C(=O)O)C2CC(C)(C)[N+](C)(C)C(C)(C)C2)CC(C)(C)[N+]1(C)C. The third-order valence-corrected chi connectivity index (χ3v) is 11.9. The van der Waals surface area contributed by atoms with Crippen molar-refractivity contribution in [3.8, 4) is 0 Å². The Hall–Kier alpha value is -1.14. The molecule has 6 heteroatoms. The van der Waals surface area contributed by atoms with Crippen molar-refractivity contribution in [3.05, 3.63) is 0 Å². The number of nitrogens with zero attached hydrogens (tertiary/aromatic N) is 2. The van der Waals surface area contributed by atoms with Gasteiger partial charge in [0.2, 0.25) is 0 Å². The first kappa shape index (κ1) is 29.1. The van der Waals surface area contributed by atoms with Gasteiger partial charge in [-0.1, -0.05) is 0 Å². The molecule has 0 saturated carbocycles. The molecule has 0 unspecified atom stereocenters. The van der Waals surface area contributed by atoms with Crippen LogP contribution < -0.4 is 0 Å². The van der Waals surface area contributed by atoms with E-state index in [4.69, 9.17) is 0 Å². The lowest BCUT2D eigenvalue weighted by atomic mass is 9.51. The summed E-state index contributed by atoms with van der Waals surface area (Å²) in [6, 6.07) is 0. The summed E-state index contributed by atoms with van der Waals surface area (Å²) in [5.41, 5.74) is -1.28. The van der Waals surface area contributed by atoms with E-state index in [2.05, 4.69) is 83.6 Å². The van der Waals surface area contributed by atoms with E-state index in [9.17, 15) is 19.8 Å². The van der Waals surface area contributed by atoms with E-state index in [1.807, 2.05) is 0 Å². The molecule has 2 rings (SSSR count). The minimum Gasteiger partial charge on any atom is -0.481 e. The highest BCUT2D eigenvalue weighted by Crippen LogP contribution is 2.60.